The first-order valence-electron chi connectivity index (χ1n) is 37.5. The molecule has 50 heteroatoms. The van der Waals surface area contributed by atoms with Crippen LogP contribution in [0.2, 0.25) is 0 Å². The average molecular weight is 2020 g/mol. The van der Waals surface area contributed by atoms with Crippen molar-refractivity contribution >= 4 is 174 Å². The number of amides is 2. The standard InChI is InChI=1S/C30H27N7O11S3.C21H22N4O7S2.C16H18N4O.C15H18N4O2S.4CH4.4Na/c1-14-32-29(35-15-6-9-17(10-7-15)49(40,41)42)37-30(33-14)36-20-11-8-16(12-22(20)50(43,44)45)34-21-13-23(51(46,47)48)26(31)25-24(21)27(38)18-4-2-3-5-19(18)28(25)39;1-13(26)23-16-4-3-14-11-19(34(30,31)32)20(21(27)18(14)12-16)25-24-15-5-7-17(8-6-15)33(28,29)10-9-22-2;1-17-16(21)12-4-6-13(7-5-12)18-19-14-8-10-15(11-9-14)20(2)3;1-16-22(20,21)15-10-6-13(7-11-15)18-17-12-4-8-14(9-5-12)19(2)3;;;;;;;;/h2-13,27-28,34,38-39H,31H2,1H3,(H,40,41,42)(H,43,44,45)(H,46,47,48)(H2,32,33,35,36,37);3-8,11-12,22,27H,9-10H2,1-2H3,(H,23,26)(H,30,31,32);4-11H,1-3H3,(H,17,21);4-11,16H,1-3H3;4*1H4;;;;/q;;;;;;;;4*+1/p-4. The first-order valence-corrected chi connectivity index (χ1v) is 46.3. The van der Waals surface area contributed by atoms with Gasteiger partial charge in [0.15, 0.2) is 15.6 Å². The van der Waals surface area contributed by atoms with E-state index in [9.17, 15) is 93.6 Å². The van der Waals surface area contributed by atoms with Gasteiger partial charge in [-0.1, -0.05) is 60.0 Å². The Hall–Kier alpha value is -9.59. The molecular formula is C86H97N19Na4O21S6. The van der Waals surface area contributed by atoms with E-state index in [4.69, 9.17) is 5.73 Å². The second-order valence-electron chi connectivity index (χ2n) is 27.9. The van der Waals surface area contributed by atoms with Crippen LogP contribution in [-0.4, -0.2) is 172 Å². The summed E-state index contributed by atoms with van der Waals surface area (Å²) in [5, 5.41) is 73.8. The topological polar surface area (TPSA) is 621 Å². The molecule has 1 aliphatic rings. The Bertz CT molecular complexity index is 7010. The van der Waals surface area contributed by atoms with Gasteiger partial charge in [-0.15, -0.1) is 5.11 Å². The predicted octanol–water partition coefficient (Wildman–Crippen LogP) is 2.16. The van der Waals surface area contributed by atoms with Gasteiger partial charge in [0.2, 0.25) is 27.8 Å². The van der Waals surface area contributed by atoms with E-state index in [1.54, 1.807) is 62.6 Å². The van der Waals surface area contributed by atoms with Gasteiger partial charge in [-0.2, -0.15) is 40.5 Å². The number of aromatic nitrogens is 3. The molecule has 1 heterocycles. The zero-order valence-electron chi connectivity index (χ0n) is 73.0. The zero-order chi connectivity index (χ0) is 93.5. The Morgan fingerprint density at radius 3 is 1.32 bits per heavy atom. The minimum Gasteiger partial charge on any atom is -0.744 e. The molecule has 2 unspecified atom stereocenters. The average Bonchev–Trinajstić information content (AvgIpc) is 0.730. The van der Waals surface area contributed by atoms with Crippen molar-refractivity contribution in [3.63, 3.8) is 0 Å². The third-order valence-electron chi connectivity index (χ3n) is 18.5. The van der Waals surface area contributed by atoms with Gasteiger partial charge < -0.3 is 81.0 Å². The number of carbonyl (C=O) groups is 2. The quantitative estimate of drug-likeness (QED) is 0.0160. The number of aliphatic hydroxyl groups excluding tert-OH is 2. The summed E-state index contributed by atoms with van der Waals surface area (Å²) >= 11 is 0. The monoisotopic (exact) mass is 2020 g/mol. The molecule has 1 aliphatic carbocycles. The fraction of sp³-hybridized carbons (Fsp3) is 0.198. The summed E-state index contributed by atoms with van der Waals surface area (Å²) in [4.78, 5) is 36.4. The van der Waals surface area contributed by atoms with Crippen LogP contribution in [0, 0.1) is 6.92 Å². The molecule has 0 radical (unpaired) electrons. The summed E-state index contributed by atoms with van der Waals surface area (Å²) in [6.45, 7) is 3.06. The molecule has 702 valence electrons. The van der Waals surface area contributed by atoms with Gasteiger partial charge >= 0.3 is 118 Å². The molecule has 136 heavy (non-hydrogen) atoms. The number of rotatable bonds is 26. The maximum atomic E-state index is 12.5. The number of aromatic hydroxyl groups is 1. The number of phenols is 1. The third kappa shape index (κ3) is 32.8. The fourth-order valence-electron chi connectivity index (χ4n) is 12.1. The van der Waals surface area contributed by atoms with Crippen LogP contribution in [0.3, 0.4) is 0 Å². The van der Waals surface area contributed by atoms with Gasteiger partial charge in [-0.25, -0.2) is 55.2 Å². The largest absolute Gasteiger partial charge is 1.00 e. The van der Waals surface area contributed by atoms with Crippen LogP contribution in [0.15, 0.2) is 278 Å². The Balaban J connectivity index is 0.000000642. The molecule has 40 nitrogen and oxygen atoms in total. The van der Waals surface area contributed by atoms with Gasteiger partial charge in [-0.05, 0) is 226 Å². The summed E-state index contributed by atoms with van der Waals surface area (Å²) in [7, 11) is -14.6. The normalized spacial score (nSPS) is 12.6. The van der Waals surface area contributed by atoms with Crippen LogP contribution in [0.25, 0.3) is 10.8 Å². The molecular weight excluding hydrogens is 1920 g/mol. The summed E-state index contributed by atoms with van der Waals surface area (Å²) in [5.74, 6) is -1.34. The van der Waals surface area contributed by atoms with Crippen molar-refractivity contribution in [2.24, 2.45) is 30.7 Å². The van der Waals surface area contributed by atoms with Crippen LogP contribution in [-0.2, 0) is 65.1 Å². The summed E-state index contributed by atoms with van der Waals surface area (Å²) < 4.78 is 193. The van der Waals surface area contributed by atoms with E-state index in [2.05, 4.69) is 82.3 Å². The number of nitrogens with two attached hydrogens (primary N) is 1. The maximum absolute atomic E-state index is 12.5. The molecule has 11 aromatic carbocycles. The number of sulfonamides is 1. The molecule has 12 aromatic rings. The number of hydrogen-bond acceptors (Lipinski definition) is 37. The number of nitrogen functional groups attached to an aromatic ring is 1. The number of azo groups is 3. The van der Waals surface area contributed by atoms with E-state index in [1.165, 1.54) is 106 Å². The second-order valence-corrected chi connectivity index (χ2v) is 37.3. The fourth-order valence-corrected chi connectivity index (χ4v) is 16.5. The van der Waals surface area contributed by atoms with E-state index >= 15 is 0 Å². The Kier molecular flexibility index (Phi) is 47.7. The minimum atomic E-state index is -5.24. The summed E-state index contributed by atoms with van der Waals surface area (Å²) in [6.07, 6.45) is -3.04. The van der Waals surface area contributed by atoms with Gasteiger partial charge in [0, 0.05) is 105 Å². The number of hydrogen-bond donors (Lipinski definition) is 11. The number of aliphatic hydroxyl groups is 2. The number of carbonyl (C=O) groups excluding carboxylic acids is 2. The van der Waals surface area contributed by atoms with Crippen LogP contribution < -0.4 is 170 Å². The molecule has 2 amide bonds. The summed E-state index contributed by atoms with van der Waals surface area (Å²) in [5.41, 5.74) is 10.8. The van der Waals surface area contributed by atoms with Crippen LogP contribution in [0.4, 0.5) is 91.5 Å². The number of sulfone groups is 1. The van der Waals surface area contributed by atoms with Crippen molar-refractivity contribution in [2.45, 2.75) is 85.1 Å². The van der Waals surface area contributed by atoms with Crippen molar-refractivity contribution < 1.29 is 212 Å². The van der Waals surface area contributed by atoms with Crippen molar-refractivity contribution in [3.8, 4) is 5.75 Å². The maximum Gasteiger partial charge on any atom is 1.00 e. The molecule has 0 saturated heterocycles. The van der Waals surface area contributed by atoms with Crippen LogP contribution in [0.5, 0.6) is 5.75 Å². The van der Waals surface area contributed by atoms with Crippen molar-refractivity contribution in [1.29, 1.82) is 0 Å². The zero-order valence-corrected chi connectivity index (χ0v) is 85.9. The summed E-state index contributed by atoms with van der Waals surface area (Å²) in [6, 6.07) is 54.5. The number of nitrogens with zero attached hydrogens (tertiary/aromatic N) is 11. The smallest absolute Gasteiger partial charge is 0.744 e. The SMILES string of the molecule is C.C.C.C.CNC(=O)c1ccc(N=Nc2ccc(N(C)C)cc2)cc1.CNCCS(=O)(=O)c1ccc(N=Nc2c(S(=O)(=O)[O-])cc3ccc(NC(C)=O)cc3c2O)cc1.CNS(=O)(=O)c1ccc(N=Nc2ccc(N(C)C)cc2)cc1.Cc1nc(Nc2ccc(S(=O)(=O)[O-])cc2)nc(Nc2ccc(Nc3cc(S(=O)(=O)[O-])c(N)c4c3C(O)c3ccccc3C4O)cc2S(=O)(=O)[O-])n1.[Na+].[Na+].[Na+].[Na+]. The molecule has 13 rings (SSSR count). The van der Waals surface area contributed by atoms with Gasteiger partial charge in [0.1, 0.15) is 64.2 Å². The molecule has 0 saturated carbocycles. The van der Waals surface area contributed by atoms with Crippen molar-refractivity contribution in [3.05, 3.63) is 252 Å². The van der Waals surface area contributed by atoms with E-state index in [0.717, 1.165) is 59.1 Å². The second kappa shape index (κ2) is 53.0. The first-order chi connectivity index (χ1) is 60.2. The minimum absolute atomic E-state index is 0. The molecule has 0 bridgehead atoms. The molecule has 0 aliphatic heterocycles. The Labute approximate surface area is 879 Å². The molecule has 2 atom stereocenters. The number of anilines is 10. The van der Waals surface area contributed by atoms with E-state index in [1.807, 2.05) is 86.5 Å². The van der Waals surface area contributed by atoms with E-state index < -0.39 is 109 Å². The Morgan fingerprint density at radius 2 is 0.882 bits per heavy atom. The number of nitrogens with one attached hydrogen (secondary N) is 7. The first kappa shape index (κ1) is 122. The van der Waals surface area contributed by atoms with Gasteiger partial charge in [0.25, 0.3) is 5.91 Å². The van der Waals surface area contributed by atoms with E-state index in [0.29, 0.717) is 22.6 Å². The predicted molar refractivity (Wildman–Crippen MR) is 500 cm³/mol. The molecule has 12 N–H and O–H groups in total. The molecule has 1 aromatic heterocycles. The van der Waals surface area contributed by atoms with Gasteiger partial charge in [-0.3, -0.25) is 9.59 Å². The number of phenolic OH excluding ortho intramolecular Hbond substituents is 1. The van der Waals surface area contributed by atoms with Crippen molar-refractivity contribution in [2.75, 3.05) is 98.4 Å². The number of fused-ring (bicyclic) bond motifs is 3. The molecule has 0 spiro atoms. The molecule has 0 fully saturated rings. The van der Waals surface area contributed by atoms with E-state index in [-0.39, 0.29) is 261 Å². The Morgan fingerprint density at radius 1 is 0.456 bits per heavy atom. The number of aryl methyl sites for hydroxylation is 1. The van der Waals surface area contributed by atoms with Gasteiger partial charge in [0.05, 0.1) is 74.9 Å². The number of benzene rings is 11. The third-order valence-corrected chi connectivity index (χ3v) is 25.1. The van der Waals surface area contributed by atoms with Crippen LogP contribution in [0.1, 0.15) is 87.3 Å². The van der Waals surface area contributed by atoms with Crippen LogP contribution >= 0.6 is 0 Å². The van der Waals surface area contributed by atoms with Crippen molar-refractivity contribution in [1.82, 2.24) is 30.3 Å².